The number of pyridine rings is 1. The third kappa shape index (κ3) is 2.73. The van der Waals surface area contributed by atoms with Crippen molar-refractivity contribution >= 4 is 17.6 Å². The highest BCUT2D eigenvalue weighted by Crippen LogP contribution is 2.41. The number of fused-ring (bicyclic) bond motifs is 3. The Kier molecular flexibility index (Phi) is 4.22. The van der Waals surface area contributed by atoms with Gasteiger partial charge in [0.05, 0.1) is 49.3 Å². The van der Waals surface area contributed by atoms with Crippen molar-refractivity contribution < 1.29 is 9.47 Å². The Morgan fingerprint density at radius 2 is 1.96 bits per heavy atom. The fraction of sp³-hybridized carbons (Fsp3) is 0.474. The summed E-state index contributed by atoms with van der Waals surface area (Å²) < 4.78 is 11.1. The molecule has 2 fully saturated rings. The van der Waals surface area contributed by atoms with Gasteiger partial charge in [-0.15, -0.1) is 0 Å². The first-order valence-corrected chi connectivity index (χ1v) is 9.49. The first-order valence-electron chi connectivity index (χ1n) is 9.49. The van der Waals surface area contributed by atoms with Crippen LogP contribution in [0.1, 0.15) is 11.1 Å². The molecule has 2 N–H and O–H groups in total. The average Bonchev–Trinajstić information content (AvgIpc) is 3.12. The van der Waals surface area contributed by atoms with Crippen molar-refractivity contribution in [2.45, 2.75) is 12.5 Å². The Hall–Kier alpha value is -2.96. The molecule has 0 saturated carbocycles. The van der Waals surface area contributed by atoms with Crippen molar-refractivity contribution in [2.24, 2.45) is 0 Å². The Bertz CT molecular complexity index is 952. The topological polar surface area (TPSA) is 113 Å². The minimum atomic E-state index is 0.236. The number of ether oxygens (including phenoxy) is 2. The van der Waals surface area contributed by atoms with E-state index in [1.165, 1.54) is 0 Å². The highest BCUT2D eigenvalue weighted by Gasteiger charge is 2.37. The van der Waals surface area contributed by atoms with Crippen molar-refractivity contribution in [3.05, 3.63) is 23.4 Å². The van der Waals surface area contributed by atoms with Gasteiger partial charge in [0.1, 0.15) is 17.7 Å². The van der Waals surface area contributed by atoms with E-state index in [4.69, 9.17) is 25.2 Å². The van der Waals surface area contributed by atoms with E-state index in [0.29, 0.717) is 55.0 Å². The highest BCUT2D eigenvalue weighted by molar-refractivity contribution is 5.83. The van der Waals surface area contributed by atoms with Crippen LogP contribution in [-0.2, 0) is 15.9 Å². The van der Waals surface area contributed by atoms with E-state index < -0.39 is 0 Å². The predicted molar refractivity (Wildman–Crippen MR) is 103 cm³/mol. The van der Waals surface area contributed by atoms with Gasteiger partial charge in [0.25, 0.3) is 0 Å². The minimum Gasteiger partial charge on any atom is -0.383 e. The second kappa shape index (κ2) is 6.89. The molecule has 1 atom stereocenters. The molecule has 5 heterocycles. The number of nitrogen functional groups attached to an aromatic ring is 1. The molecule has 0 bridgehead atoms. The Morgan fingerprint density at radius 1 is 1.14 bits per heavy atom. The second-order valence-electron chi connectivity index (χ2n) is 7.13. The summed E-state index contributed by atoms with van der Waals surface area (Å²) in [5.41, 5.74) is 9.00. The van der Waals surface area contributed by atoms with Gasteiger partial charge in [0.2, 0.25) is 5.95 Å². The van der Waals surface area contributed by atoms with Crippen molar-refractivity contribution in [3.8, 4) is 17.3 Å². The van der Waals surface area contributed by atoms with Crippen LogP contribution >= 0.6 is 0 Å². The Labute approximate surface area is 162 Å². The van der Waals surface area contributed by atoms with Crippen LogP contribution in [0.15, 0.2) is 12.3 Å². The fourth-order valence-electron chi connectivity index (χ4n) is 4.16. The van der Waals surface area contributed by atoms with E-state index >= 15 is 0 Å². The third-order valence-electron chi connectivity index (χ3n) is 5.54. The minimum absolute atomic E-state index is 0.236. The highest BCUT2D eigenvalue weighted by atomic mass is 16.5. The maximum Gasteiger partial charge on any atom is 0.228 e. The van der Waals surface area contributed by atoms with Crippen LogP contribution in [0, 0.1) is 11.3 Å². The quantitative estimate of drug-likeness (QED) is 0.801. The Balaban J connectivity index is 1.70. The molecule has 0 aliphatic carbocycles. The predicted octanol–water partition coefficient (Wildman–Crippen LogP) is 0.590. The zero-order chi connectivity index (χ0) is 19.1. The summed E-state index contributed by atoms with van der Waals surface area (Å²) in [6.45, 7) is 4.90. The number of hydrogen-bond acceptors (Lipinski definition) is 9. The summed E-state index contributed by atoms with van der Waals surface area (Å²) in [7, 11) is 0. The molecule has 0 amide bonds. The Morgan fingerprint density at radius 3 is 2.79 bits per heavy atom. The van der Waals surface area contributed by atoms with E-state index in [1.54, 1.807) is 12.3 Å². The smallest absolute Gasteiger partial charge is 0.228 e. The van der Waals surface area contributed by atoms with Crippen LogP contribution in [-0.4, -0.2) is 67.1 Å². The second-order valence-corrected chi connectivity index (χ2v) is 7.13. The van der Waals surface area contributed by atoms with Gasteiger partial charge < -0.3 is 25.0 Å². The van der Waals surface area contributed by atoms with Crippen LogP contribution in [0.4, 0.5) is 17.6 Å². The fourth-order valence-corrected chi connectivity index (χ4v) is 4.16. The van der Waals surface area contributed by atoms with Gasteiger partial charge in [-0.05, 0) is 6.07 Å². The first kappa shape index (κ1) is 17.2. The van der Waals surface area contributed by atoms with E-state index in [9.17, 15) is 5.26 Å². The molecule has 3 aliphatic rings. The molecular formula is C19H21N7O2. The summed E-state index contributed by atoms with van der Waals surface area (Å²) >= 11 is 0. The van der Waals surface area contributed by atoms with Gasteiger partial charge in [0.15, 0.2) is 0 Å². The third-order valence-corrected chi connectivity index (χ3v) is 5.54. The standard InChI is InChI=1S/C19H21N7O2/c20-10-12-1-2-22-17(21)15(12)16-14-9-13-11-28-8-5-26(13)18(14)24-19(23-16)25-3-6-27-7-4-25/h1-2,13H,3-9,11H2,(H2,21,22)/t13-/m0/s1. The van der Waals surface area contributed by atoms with E-state index in [1.807, 2.05) is 0 Å². The number of aromatic nitrogens is 3. The number of anilines is 3. The van der Waals surface area contributed by atoms with Gasteiger partial charge in [-0.3, -0.25) is 0 Å². The maximum atomic E-state index is 9.64. The lowest BCUT2D eigenvalue weighted by molar-refractivity contribution is 0.0974. The largest absolute Gasteiger partial charge is 0.383 e. The normalized spacial score (nSPS) is 21.2. The lowest BCUT2D eigenvalue weighted by Crippen LogP contribution is -2.43. The molecule has 9 heteroatoms. The number of morpholine rings is 2. The molecule has 5 rings (SSSR count). The van der Waals surface area contributed by atoms with Crippen LogP contribution in [0.25, 0.3) is 11.3 Å². The molecule has 0 spiro atoms. The molecule has 0 radical (unpaired) electrons. The average molecular weight is 379 g/mol. The van der Waals surface area contributed by atoms with Crippen molar-refractivity contribution in [3.63, 3.8) is 0 Å². The van der Waals surface area contributed by atoms with Gasteiger partial charge in [-0.1, -0.05) is 0 Å². The van der Waals surface area contributed by atoms with Gasteiger partial charge in [0, 0.05) is 37.8 Å². The molecule has 0 aromatic carbocycles. The summed E-state index contributed by atoms with van der Waals surface area (Å²) in [6, 6.07) is 4.15. The number of nitriles is 1. The van der Waals surface area contributed by atoms with Crippen molar-refractivity contribution in [1.82, 2.24) is 15.0 Å². The SMILES string of the molecule is N#Cc1ccnc(N)c1-c1nc(N2CCOCC2)nc2c1C[C@H]1COCCN21. The summed E-state index contributed by atoms with van der Waals surface area (Å²) in [6.07, 6.45) is 2.33. The number of nitrogens with two attached hydrogens (primary N) is 1. The van der Waals surface area contributed by atoms with Crippen molar-refractivity contribution in [2.75, 3.05) is 61.6 Å². The van der Waals surface area contributed by atoms with Crippen LogP contribution in [0.2, 0.25) is 0 Å². The maximum absolute atomic E-state index is 9.64. The van der Waals surface area contributed by atoms with Gasteiger partial charge in [-0.2, -0.15) is 10.2 Å². The van der Waals surface area contributed by atoms with Gasteiger partial charge in [-0.25, -0.2) is 9.97 Å². The number of hydrogen-bond donors (Lipinski definition) is 1. The summed E-state index contributed by atoms with van der Waals surface area (Å²) in [5.74, 6) is 1.89. The molecule has 2 aromatic heterocycles. The lowest BCUT2D eigenvalue weighted by atomic mass is 10.0. The summed E-state index contributed by atoms with van der Waals surface area (Å²) in [4.78, 5) is 18.4. The molecule has 2 saturated heterocycles. The van der Waals surface area contributed by atoms with Crippen LogP contribution in [0.5, 0.6) is 0 Å². The van der Waals surface area contributed by atoms with E-state index in [2.05, 4.69) is 20.9 Å². The molecule has 0 unspecified atom stereocenters. The van der Waals surface area contributed by atoms with Gasteiger partial charge >= 0.3 is 0 Å². The molecule has 9 nitrogen and oxygen atoms in total. The molecule has 144 valence electrons. The number of rotatable bonds is 2. The zero-order valence-electron chi connectivity index (χ0n) is 15.5. The molecule has 28 heavy (non-hydrogen) atoms. The zero-order valence-corrected chi connectivity index (χ0v) is 15.5. The molecular weight excluding hydrogens is 358 g/mol. The lowest BCUT2D eigenvalue weighted by Gasteiger charge is -2.32. The van der Waals surface area contributed by atoms with E-state index in [0.717, 1.165) is 37.4 Å². The molecule has 2 aromatic rings. The van der Waals surface area contributed by atoms with Crippen molar-refractivity contribution in [1.29, 1.82) is 5.26 Å². The first-order chi connectivity index (χ1) is 13.8. The van der Waals surface area contributed by atoms with Crippen LogP contribution in [0.3, 0.4) is 0 Å². The van der Waals surface area contributed by atoms with Crippen LogP contribution < -0.4 is 15.5 Å². The summed E-state index contributed by atoms with van der Waals surface area (Å²) in [5, 5.41) is 9.64. The van der Waals surface area contributed by atoms with E-state index in [-0.39, 0.29) is 6.04 Å². The number of nitrogens with zero attached hydrogens (tertiary/aromatic N) is 6. The molecule has 3 aliphatic heterocycles. The monoisotopic (exact) mass is 379 g/mol.